The van der Waals surface area contributed by atoms with E-state index in [2.05, 4.69) is 9.10 Å². The van der Waals surface area contributed by atoms with Crippen molar-refractivity contribution in [3.05, 3.63) is 24.3 Å². The van der Waals surface area contributed by atoms with Gasteiger partial charge in [-0.15, -0.1) is 0 Å². The van der Waals surface area contributed by atoms with Crippen LogP contribution in [0.3, 0.4) is 0 Å². The third kappa shape index (κ3) is 2.69. The van der Waals surface area contributed by atoms with E-state index >= 15 is 0 Å². The molecule has 0 aliphatic carbocycles. The fourth-order valence-electron chi connectivity index (χ4n) is 1.39. The fourth-order valence-corrected chi connectivity index (χ4v) is 2.85. The Hall–Kier alpha value is -1.17. The molecule has 1 heterocycles. The third-order valence-corrected chi connectivity index (χ3v) is 4.64. The van der Waals surface area contributed by atoms with Crippen molar-refractivity contribution in [3.63, 3.8) is 0 Å². The molecule has 0 unspecified atom stereocenters. The first-order chi connectivity index (χ1) is 7.57. The molecule has 0 amide bonds. The largest absolute Gasteiger partial charge is 0.435 e. The molecule has 1 aliphatic heterocycles. The van der Waals surface area contributed by atoms with Crippen molar-refractivity contribution in [2.45, 2.75) is 13.0 Å². The molecule has 0 atom stereocenters. The fraction of sp³-hybridized carbons (Fsp3) is 0.400. The topological polar surface area (TPSA) is 38.7 Å². The van der Waals surface area contributed by atoms with E-state index < -0.39 is 16.3 Å². The van der Waals surface area contributed by atoms with Crippen LogP contribution in [-0.4, -0.2) is 22.3 Å². The van der Waals surface area contributed by atoms with Crippen molar-refractivity contribution in [2.24, 2.45) is 4.36 Å². The third-order valence-electron chi connectivity index (χ3n) is 2.24. The van der Waals surface area contributed by atoms with Crippen LogP contribution in [0, 0.1) is 0 Å². The SMILES string of the molecule is O=S1(=Nc2cccc(OC(F)F)c2)CCC1. The summed E-state index contributed by atoms with van der Waals surface area (Å²) in [6.07, 6.45) is 0.912. The van der Waals surface area contributed by atoms with Crippen LogP contribution in [0.25, 0.3) is 0 Å². The Morgan fingerprint density at radius 2 is 2.12 bits per heavy atom. The Kier molecular flexibility index (Phi) is 3.09. The minimum atomic E-state index is -2.85. The van der Waals surface area contributed by atoms with E-state index in [1.165, 1.54) is 12.1 Å². The lowest BCUT2D eigenvalue weighted by Gasteiger charge is -2.17. The van der Waals surface area contributed by atoms with Gasteiger partial charge in [-0.05, 0) is 18.6 Å². The van der Waals surface area contributed by atoms with E-state index in [1.807, 2.05) is 0 Å². The van der Waals surface area contributed by atoms with Crippen molar-refractivity contribution >= 4 is 15.4 Å². The first-order valence-corrected chi connectivity index (χ1v) is 6.70. The van der Waals surface area contributed by atoms with Gasteiger partial charge in [0.25, 0.3) is 0 Å². The molecule has 0 radical (unpaired) electrons. The Morgan fingerprint density at radius 3 is 2.69 bits per heavy atom. The highest BCUT2D eigenvalue weighted by molar-refractivity contribution is 7.95. The van der Waals surface area contributed by atoms with Gasteiger partial charge in [0.2, 0.25) is 0 Å². The Morgan fingerprint density at radius 1 is 1.38 bits per heavy atom. The lowest BCUT2D eigenvalue weighted by molar-refractivity contribution is -0.0498. The van der Waals surface area contributed by atoms with Crippen LogP contribution >= 0.6 is 0 Å². The second-order valence-electron chi connectivity index (χ2n) is 3.50. The maximum Gasteiger partial charge on any atom is 0.387 e. The minimum Gasteiger partial charge on any atom is -0.435 e. The summed E-state index contributed by atoms with van der Waals surface area (Å²) in [7, 11) is -2.11. The lowest BCUT2D eigenvalue weighted by atomic mass is 10.3. The molecule has 1 aromatic carbocycles. The van der Waals surface area contributed by atoms with Gasteiger partial charge in [0.15, 0.2) is 0 Å². The zero-order valence-corrected chi connectivity index (χ0v) is 9.25. The van der Waals surface area contributed by atoms with E-state index in [1.54, 1.807) is 12.1 Å². The van der Waals surface area contributed by atoms with E-state index in [0.29, 0.717) is 17.2 Å². The second kappa shape index (κ2) is 4.37. The quantitative estimate of drug-likeness (QED) is 0.823. The number of hydrogen-bond acceptors (Lipinski definition) is 3. The molecule has 88 valence electrons. The molecule has 0 spiro atoms. The number of alkyl halides is 2. The molecule has 2 rings (SSSR count). The van der Waals surface area contributed by atoms with Gasteiger partial charge in [-0.3, -0.25) is 0 Å². The van der Waals surface area contributed by atoms with Crippen LogP contribution in [0.2, 0.25) is 0 Å². The monoisotopic (exact) mass is 247 g/mol. The van der Waals surface area contributed by atoms with E-state index in [9.17, 15) is 13.0 Å². The standard InChI is InChI=1S/C10H11F2NO2S/c11-10(12)15-9-4-1-3-8(7-9)13-16(14)5-2-6-16/h1,3-4,7,10H,2,5-6H2. The number of halogens is 2. The molecule has 0 saturated carbocycles. The zero-order valence-electron chi connectivity index (χ0n) is 8.44. The molecular formula is C10H11F2NO2S. The van der Waals surface area contributed by atoms with Gasteiger partial charge in [0.05, 0.1) is 15.4 Å². The first kappa shape index (κ1) is 11.3. The zero-order chi connectivity index (χ0) is 11.6. The number of rotatable bonds is 3. The summed E-state index contributed by atoms with van der Waals surface area (Å²) < 4.78 is 44.0. The van der Waals surface area contributed by atoms with Crippen LogP contribution in [-0.2, 0) is 9.73 Å². The molecule has 0 aromatic heterocycles. The summed E-state index contributed by atoms with van der Waals surface area (Å²) in [5.41, 5.74) is 0.433. The first-order valence-electron chi connectivity index (χ1n) is 4.85. The molecule has 0 N–H and O–H groups in total. The molecular weight excluding hydrogens is 236 g/mol. The van der Waals surface area contributed by atoms with E-state index in [4.69, 9.17) is 0 Å². The summed E-state index contributed by atoms with van der Waals surface area (Å²) in [4.78, 5) is 0. The average molecular weight is 247 g/mol. The molecule has 16 heavy (non-hydrogen) atoms. The van der Waals surface area contributed by atoms with Crippen molar-refractivity contribution in [1.29, 1.82) is 0 Å². The number of benzene rings is 1. The van der Waals surface area contributed by atoms with Crippen LogP contribution in [0.15, 0.2) is 28.6 Å². The normalized spacial score (nSPS) is 17.9. The van der Waals surface area contributed by atoms with E-state index in [0.717, 1.165) is 6.42 Å². The van der Waals surface area contributed by atoms with Gasteiger partial charge in [0, 0.05) is 17.6 Å². The number of hydrogen-bond donors (Lipinski definition) is 0. The molecule has 1 fully saturated rings. The van der Waals surface area contributed by atoms with Gasteiger partial charge >= 0.3 is 6.61 Å². The van der Waals surface area contributed by atoms with Crippen LogP contribution in [0.1, 0.15) is 6.42 Å². The predicted molar refractivity (Wildman–Crippen MR) is 57.7 cm³/mol. The van der Waals surface area contributed by atoms with Gasteiger partial charge in [-0.1, -0.05) is 6.07 Å². The molecule has 1 aromatic rings. The van der Waals surface area contributed by atoms with Gasteiger partial charge in [0.1, 0.15) is 5.75 Å². The molecule has 1 saturated heterocycles. The predicted octanol–water partition coefficient (Wildman–Crippen LogP) is 2.79. The highest BCUT2D eigenvalue weighted by atomic mass is 32.2. The van der Waals surface area contributed by atoms with Gasteiger partial charge < -0.3 is 4.74 Å². The lowest BCUT2D eigenvalue weighted by Crippen LogP contribution is -2.22. The molecule has 0 bridgehead atoms. The van der Waals surface area contributed by atoms with Crippen molar-refractivity contribution in [2.75, 3.05) is 11.5 Å². The average Bonchev–Trinajstić information content (AvgIpc) is 2.14. The molecule has 1 aliphatic rings. The van der Waals surface area contributed by atoms with Gasteiger partial charge in [-0.25, -0.2) is 4.21 Å². The Bertz CT molecular complexity index is 485. The smallest absolute Gasteiger partial charge is 0.387 e. The van der Waals surface area contributed by atoms with Crippen LogP contribution in [0.4, 0.5) is 14.5 Å². The summed E-state index contributed by atoms with van der Waals surface area (Å²) in [6.45, 7) is -2.85. The summed E-state index contributed by atoms with van der Waals surface area (Å²) in [5, 5.41) is 0. The van der Waals surface area contributed by atoms with Crippen LogP contribution < -0.4 is 4.74 Å². The maximum atomic E-state index is 12.0. The molecule has 3 nitrogen and oxygen atoms in total. The number of ether oxygens (including phenoxy) is 1. The van der Waals surface area contributed by atoms with Crippen LogP contribution in [0.5, 0.6) is 5.75 Å². The van der Waals surface area contributed by atoms with E-state index in [-0.39, 0.29) is 5.75 Å². The number of nitrogens with zero attached hydrogens (tertiary/aromatic N) is 1. The summed E-state index contributed by atoms with van der Waals surface area (Å²) >= 11 is 0. The van der Waals surface area contributed by atoms with Crippen molar-refractivity contribution in [1.82, 2.24) is 0 Å². The van der Waals surface area contributed by atoms with Crippen molar-refractivity contribution < 1.29 is 17.7 Å². The highest BCUT2D eigenvalue weighted by Crippen LogP contribution is 2.25. The summed E-state index contributed by atoms with van der Waals surface area (Å²) in [6, 6.07) is 5.97. The Labute approximate surface area is 92.6 Å². The second-order valence-corrected chi connectivity index (χ2v) is 6.05. The maximum absolute atomic E-state index is 12.0. The summed E-state index contributed by atoms with van der Waals surface area (Å²) in [5.74, 6) is 1.22. The molecule has 6 heteroatoms. The van der Waals surface area contributed by atoms with Crippen molar-refractivity contribution in [3.8, 4) is 5.75 Å². The Balaban J connectivity index is 2.23. The van der Waals surface area contributed by atoms with Gasteiger partial charge in [-0.2, -0.15) is 13.1 Å². The highest BCUT2D eigenvalue weighted by Gasteiger charge is 2.19. The minimum absolute atomic E-state index is 0.0403.